The number of aryl methyl sites for hydroxylation is 1. The summed E-state index contributed by atoms with van der Waals surface area (Å²) in [6.45, 7) is 2.07. The number of nitrogen functional groups attached to an aromatic ring is 1. The third kappa shape index (κ3) is 1.01. The Bertz CT molecular complexity index is 431. The third-order valence-corrected chi connectivity index (χ3v) is 3.52. The van der Waals surface area contributed by atoms with E-state index in [2.05, 4.69) is 31.0 Å². The van der Waals surface area contributed by atoms with E-state index in [1.807, 2.05) is 6.07 Å². The van der Waals surface area contributed by atoms with Crippen LogP contribution in [0.4, 0.5) is 5.69 Å². The van der Waals surface area contributed by atoms with Crippen molar-refractivity contribution in [1.82, 2.24) is 0 Å². The van der Waals surface area contributed by atoms with E-state index in [9.17, 15) is 0 Å². The van der Waals surface area contributed by atoms with Crippen LogP contribution in [0.15, 0.2) is 22.4 Å². The molecule has 0 amide bonds. The van der Waals surface area contributed by atoms with Gasteiger partial charge < -0.3 is 5.73 Å². The van der Waals surface area contributed by atoms with Crippen molar-refractivity contribution in [3.8, 4) is 0 Å². The molecule has 62 valence electrons. The molecular formula is C9H9NS2. The molecule has 3 heteroatoms. The minimum atomic E-state index is 0.769. The Labute approximate surface area is 80.6 Å². The summed E-state index contributed by atoms with van der Waals surface area (Å²) in [5.41, 5.74) is 7.77. The van der Waals surface area contributed by atoms with Crippen LogP contribution in [0, 0.1) is 6.92 Å². The van der Waals surface area contributed by atoms with E-state index in [1.165, 1.54) is 15.6 Å². The van der Waals surface area contributed by atoms with Crippen LogP contribution in [0.1, 0.15) is 5.56 Å². The number of anilines is 1. The molecule has 0 fully saturated rings. The van der Waals surface area contributed by atoms with Gasteiger partial charge in [0, 0.05) is 15.3 Å². The van der Waals surface area contributed by atoms with Crippen LogP contribution < -0.4 is 5.73 Å². The maximum absolute atomic E-state index is 5.78. The van der Waals surface area contributed by atoms with Crippen molar-refractivity contribution < 1.29 is 0 Å². The Kier molecular flexibility index (Phi) is 1.77. The summed E-state index contributed by atoms with van der Waals surface area (Å²) >= 11 is 6.05. The first-order chi connectivity index (χ1) is 5.70. The van der Waals surface area contributed by atoms with Gasteiger partial charge in [-0.25, -0.2) is 0 Å². The van der Waals surface area contributed by atoms with E-state index in [-0.39, 0.29) is 0 Å². The van der Waals surface area contributed by atoms with Crippen LogP contribution in [0.5, 0.6) is 0 Å². The molecule has 1 heterocycles. The fourth-order valence-corrected chi connectivity index (χ4v) is 2.58. The van der Waals surface area contributed by atoms with Crippen molar-refractivity contribution in [3.05, 3.63) is 23.1 Å². The normalized spacial score (nSPS) is 10.8. The molecule has 0 bridgehead atoms. The molecule has 0 atom stereocenters. The van der Waals surface area contributed by atoms with Crippen molar-refractivity contribution in [2.45, 2.75) is 11.8 Å². The van der Waals surface area contributed by atoms with E-state index in [0.717, 1.165) is 10.6 Å². The monoisotopic (exact) mass is 195 g/mol. The highest BCUT2D eigenvalue weighted by Gasteiger charge is 2.05. The molecule has 1 nitrogen and oxygen atoms in total. The Morgan fingerprint density at radius 3 is 3.00 bits per heavy atom. The summed E-state index contributed by atoms with van der Waals surface area (Å²) in [4.78, 5) is 0.908. The van der Waals surface area contributed by atoms with E-state index in [0.29, 0.717) is 0 Å². The number of fused-ring (bicyclic) bond motifs is 1. The largest absolute Gasteiger partial charge is 0.398 e. The van der Waals surface area contributed by atoms with Gasteiger partial charge in [-0.15, -0.1) is 24.0 Å². The van der Waals surface area contributed by atoms with E-state index >= 15 is 0 Å². The van der Waals surface area contributed by atoms with Crippen LogP contribution in [0.3, 0.4) is 0 Å². The fraction of sp³-hybridized carbons (Fsp3) is 0.111. The van der Waals surface area contributed by atoms with Gasteiger partial charge in [0.2, 0.25) is 0 Å². The smallest absolute Gasteiger partial charge is 0.0499 e. The Balaban J connectivity index is 2.97. The van der Waals surface area contributed by atoms with Gasteiger partial charge in [0.05, 0.1) is 0 Å². The minimum absolute atomic E-state index is 0.769. The Morgan fingerprint density at radius 1 is 1.50 bits per heavy atom. The number of benzene rings is 1. The summed E-state index contributed by atoms with van der Waals surface area (Å²) in [7, 11) is 0. The summed E-state index contributed by atoms with van der Waals surface area (Å²) in [5, 5.41) is 3.33. The number of hydrogen-bond donors (Lipinski definition) is 2. The maximum atomic E-state index is 5.78. The first-order valence-corrected chi connectivity index (χ1v) is 4.98. The van der Waals surface area contributed by atoms with Crippen LogP contribution in [0.25, 0.3) is 10.1 Å². The van der Waals surface area contributed by atoms with Gasteiger partial charge in [0.1, 0.15) is 0 Å². The lowest BCUT2D eigenvalue weighted by molar-refractivity contribution is 1.48. The standard InChI is InChI=1S/C9H9NS2/c1-5-4-7(10)8(11)9-6(5)2-3-12-9/h2-4,11H,10H2,1H3. The highest BCUT2D eigenvalue weighted by molar-refractivity contribution is 7.81. The number of nitrogens with two attached hydrogens (primary N) is 1. The van der Waals surface area contributed by atoms with Gasteiger partial charge in [0.25, 0.3) is 0 Å². The molecule has 1 aromatic heterocycles. The zero-order chi connectivity index (χ0) is 8.72. The second kappa shape index (κ2) is 2.68. The summed E-state index contributed by atoms with van der Waals surface area (Å²) < 4.78 is 1.19. The zero-order valence-electron chi connectivity index (χ0n) is 6.66. The van der Waals surface area contributed by atoms with E-state index in [4.69, 9.17) is 5.73 Å². The lowest BCUT2D eigenvalue weighted by atomic mass is 10.1. The van der Waals surface area contributed by atoms with Crippen LogP contribution in [-0.2, 0) is 0 Å². The number of rotatable bonds is 0. The van der Waals surface area contributed by atoms with Gasteiger partial charge in [-0.3, -0.25) is 0 Å². The molecule has 2 aromatic rings. The topological polar surface area (TPSA) is 26.0 Å². The first kappa shape index (κ1) is 7.95. The Hall–Kier alpha value is -0.670. The predicted molar refractivity (Wildman–Crippen MR) is 58.2 cm³/mol. The van der Waals surface area contributed by atoms with Crippen LogP contribution >= 0.6 is 24.0 Å². The average molecular weight is 195 g/mol. The lowest BCUT2D eigenvalue weighted by Gasteiger charge is -2.02. The van der Waals surface area contributed by atoms with E-state index in [1.54, 1.807) is 11.3 Å². The predicted octanol–water partition coefficient (Wildman–Crippen LogP) is 3.08. The highest BCUT2D eigenvalue weighted by atomic mass is 32.1. The van der Waals surface area contributed by atoms with Gasteiger partial charge in [0.15, 0.2) is 0 Å². The maximum Gasteiger partial charge on any atom is 0.0499 e. The molecule has 1 aromatic carbocycles. The number of thiophene rings is 1. The molecule has 12 heavy (non-hydrogen) atoms. The van der Waals surface area contributed by atoms with Crippen LogP contribution in [-0.4, -0.2) is 0 Å². The highest BCUT2D eigenvalue weighted by Crippen LogP contribution is 2.33. The average Bonchev–Trinajstić information content (AvgIpc) is 2.48. The second-order valence-electron chi connectivity index (χ2n) is 2.79. The van der Waals surface area contributed by atoms with Crippen molar-refractivity contribution in [3.63, 3.8) is 0 Å². The van der Waals surface area contributed by atoms with Gasteiger partial charge in [-0.05, 0) is 35.4 Å². The van der Waals surface area contributed by atoms with Crippen LogP contribution in [0.2, 0.25) is 0 Å². The molecule has 0 aliphatic heterocycles. The van der Waals surface area contributed by atoms with Crippen molar-refractivity contribution in [2.24, 2.45) is 0 Å². The lowest BCUT2D eigenvalue weighted by Crippen LogP contribution is -1.88. The zero-order valence-corrected chi connectivity index (χ0v) is 8.38. The number of hydrogen-bond acceptors (Lipinski definition) is 3. The van der Waals surface area contributed by atoms with Crippen molar-refractivity contribution in [1.29, 1.82) is 0 Å². The minimum Gasteiger partial charge on any atom is -0.398 e. The third-order valence-electron chi connectivity index (χ3n) is 1.95. The Morgan fingerprint density at radius 2 is 2.25 bits per heavy atom. The summed E-state index contributed by atoms with van der Waals surface area (Å²) in [6.07, 6.45) is 0. The SMILES string of the molecule is Cc1cc(N)c(S)c2sccc12. The van der Waals surface area contributed by atoms with Crippen molar-refractivity contribution in [2.75, 3.05) is 5.73 Å². The fourth-order valence-electron chi connectivity index (χ4n) is 1.31. The molecule has 0 aliphatic rings. The molecule has 2 N–H and O–H groups in total. The molecule has 0 radical (unpaired) electrons. The molecule has 0 unspecified atom stereocenters. The van der Waals surface area contributed by atoms with Gasteiger partial charge in [-0.2, -0.15) is 0 Å². The summed E-state index contributed by atoms with van der Waals surface area (Å²) in [5.74, 6) is 0. The molecule has 2 rings (SSSR count). The quantitative estimate of drug-likeness (QED) is 0.490. The van der Waals surface area contributed by atoms with Gasteiger partial charge >= 0.3 is 0 Å². The first-order valence-electron chi connectivity index (χ1n) is 3.65. The van der Waals surface area contributed by atoms with Crippen molar-refractivity contribution >= 4 is 39.7 Å². The molecule has 0 spiro atoms. The second-order valence-corrected chi connectivity index (χ2v) is 4.16. The van der Waals surface area contributed by atoms with E-state index < -0.39 is 0 Å². The molecule has 0 aliphatic carbocycles. The van der Waals surface area contributed by atoms with Gasteiger partial charge in [-0.1, -0.05) is 0 Å². The molecular weight excluding hydrogens is 186 g/mol. The number of thiol groups is 1. The summed E-state index contributed by atoms with van der Waals surface area (Å²) in [6, 6.07) is 4.08. The molecule has 0 saturated carbocycles. The molecule has 0 saturated heterocycles.